The standard InChI is InChI=1S/C27H33F3NO6P/c28-27(29,30)24-17-21(13-14-26(31,18-32)19-37-38(33,34)35)11-12-25(24)36-15-5-7-20-6-4-10-23(16-20)22-8-2-1-3-9-22/h1-4,6,8-10,12,16-17,21,32H,5,7,11,13-15,18-19,31H2,(H2,33,34,35). The highest BCUT2D eigenvalue weighted by molar-refractivity contribution is 7.46. The summed E-state index contributed by atoms with van der Waals surface area (Å²) in [5, 5.41) is 9.53. The van der Waals surface area contributed by atoms with Crippen LogP contribution in [0.15, 0.2) is 78.1 Å². The fourth-order valence-electron chi connectivity index (χ4n) is 4.20. The fourth-order valence-corrected chi connectivity index (χ4v) is 4.63. The lowest BCUT2D eigenvalue weighted by Gasteiger charge is -2.29. The lowest BCUT2D eigenvalue weighted by molar-refractivity contribution is -0.0949. The number of halogens is 3. The summed E-state index contributed by atoms with van der Waals surface area (Å²) in [5.41, 5.74) is 6.81. The minimum atomic E-state index is -4.80. The van der Waals surface area contributed by atoms with Crippen LogP contribution < -0.4 is 5.73 Å². The third-order valence-electron chi connectivity index (χ3n) is 6.33. The summed E-state index contributed by atoms with van der Waals surface area (Å²) >= 11 is 0. The molecular formula is C27H33F3NO6P. The molecule has 0 bridgehead atoms. The number of phosphoric ester groups is 1. The largest absolute Gasteiger partial charge is 0.493 e. The van der Waals surface area contributed by atoms with Gasteiger partial charge in [0.1, 0.15) is 5.76 Å². The Bertz CT molecular complexity index is 1160. The second-order valence-electron chi connectivity index (χ2n) is 9.48. The summed E-state index contributed by atoms with van der Waals surface area (Å²) in [7, 11) is -4.80. The number of hydrogen-bond acceptors (Lipinski definition) is 5. The number of aliphatic hydroxyl groups excluding tert-OH is 1. The Hall–Kier alpha value is -2.46. The normalized spacial score (nSPS) is 17.9. The maximum atomic E-state index is 13.8. The van der Waals surface area contributed by atoms with E-state index in [4.69, 9.17) is 20.3 Å². The van der Waals surface area contributed by atoms with Crippen molar-refractivity contribution in [2.24, 2.45) is 11.7 Å². The number of phosphoric acid groups is 1. The molecule has 0 aromatic heterocycles. The average Bonchev–Trinajstić information content (AvgIpc) is 2.89. The molecule has 3 rings (SSSR count). The van der Waals surface area contributed by atoms with E-state index in [0.29, 0.717) is 12.8 Å². The quantitative estimate of drug-likeness (QED) is 0.196. The van der Waals surface area contributed by atoms with Crippen LogP contribution in [0, 0.1) is 5.92 Å². The Balaban J connectivity index is 1.55. The van der Waals surface area contributed by atoms with Gasteiger partial charge in [-0.3, -0.25) is 4.52 Å². The number of nitrogens with two attached hydrogens (primary N) is 1. The van der Waals surface area contributed by atoms with E-state index in [1.807, 2.05) is 48.5 Å². The molecule has 2 aromatic rings. The van der Waals surface area contributed by atoms with Crippen LogP contribution in [0.4, 0.5) is 13.2 Å². The van der Waals surface area contributed by atoms with E-state index in [1.54, 1.807) is 0 Å². The average molecular weight is 556 g/mol. The molecule has 0 radical (unpaired) electrons. The maximum absolute atomic E-state index is 13.8. The SMILES string of the molecule is NC(CO)(CCC1C=C(C(F)(F)F)C(OCCCc2cccc(-c3ccccc3)c2)=CC1)COP(=O)(O)O. The zero-order valence-electron chi connectivity index (χ0n) is 20.8. The highest BCUT2D eigenvalue weighted by atomic mass is 31.2. The first-order valence-corrected chi connectivity index (χ1v) is 13.8. The molecule has 2 aromatic carbocycles. The van der Waals surface area contributed by atoms with E-state index in [0.717, 1.165) is 22.8 Å². The van der Waals surface area contributed by atoms with Crippen LogP contribution >= 0.6 is 7.82 Å². The Morgan fingerprint density at radius 2 is 1.76 bits per heavy atom. The number of benzene rings is 2. The predicted octanol–water partition coefficient (Wildman–Crippen LogP) is 5.27. The number of ether oxygens (including phenoxy) is 1. The van der Waals surface area contributed by atoms with E-state index in [9.17, 15) is 22.8 Å². The molecule has 2 atom stereocenters. The van der Waals surface area contributed by atoms with Gasteiger partial charge in [-0.2, -0.15) is 13.2 Å². The van der Waals surface area contributed by atoms with Crippen molar-refractivity contribution in [3.8, 4) is 11.1 Å². The number of rotatable bonds is 13. The summed E-state index contributed by atoms with van der Waals surface area (Å²) in [6.45, 7) is -1.15. The number of aryl methyl sites for hydroxylation is 1. The van der Waals surface area contributed by atoms with Crippen molar-refractivity contribution < 1.29 is 41.9 Å². The summed E-state index contributed by atoms with van der Waals surface area (Å²) in [6.07, 6.45) is -0.491. The molecule has 0 aliphatic heterocycles. The van der Waals surface area contributed by atoms with Crippen molar-refractivity contribution in [3.63, 3.8) is 0 Å². The molecule has 38 heavy (non-hydrogen) atoms. The van der Waals surface area contributed by atoms with Crippen molar-refractivity contribution >= 4 is 7.82 Å². The maximum Gasteiger partial charge on any atom is 0.469 e. The van der Waals surface area contributed by atoms with E-state index < -0.39 is 44.2 Å². The molecule has 0 spiro atoms. The van der Waals surface area contributed by atoms with Crippen molar-refractivity contribution in [3.05, 3.63) is 83.6 Å². The number of aliphatic hydroxyl groups is 1. The minimum Gasteiger partial charge on any atom is -0.493 e. The first-order valence-electron chi connectivity index (χ1n) is 12.3. The topological polar surface area (TPSA) is 122 Å². The molecule has 208 valence electrons. The summed E-state index contributed by atoms with van der Waals surface area (Å²) in [4.78, 5) is 17.7. The van der Waals surface area contributed by atoms with Crippen molar-refractivity contribution in [2.75, 3.05) is 19.8 Å². The number of allylic oxidation sites excluding steroid dienone is 3. The summed E-state index contributed by atoms with van der Waals surface area (Å²) < 4.78 is 62.2. The molecule has 1 aliphatic rings. The van der Waals surface area contributed by atoms with Crippen LogP contribution in [-0.2, 0) is 20.2 Å². The first kappa shape index (κ1) is 30.1. The van der Waals surface area contributed by atoms with Gasteiger partial charge < -0.3 is 25.4 Å². The molecule has 2 unspecified atom stereocenters. The first-order chi connectivity index (χ1) is 17.9. The molecule has 7 nitrogen and oxygen atoms in total. The Morgan fingerprint density at radius 1 is 1.05 bits per heavy atom. The van der Waals surface area contributed by atoms with E-state index >= 15 is 0 Å². The zero-order valence-corrected chi connectivity index (χ0v) is 21.7. The second-order valence-corrected chi connectivity index (χ2v) is 10.7. The Morgan fingerprint density at radius 3 is 2.42 bits per heavy atom. The van der Waals surface area contributed by atoms with Gasteiger partial charge in [0.05, 0.1) is 30.9 Å². The molecule has 1 aliphatic carbocycles. The second kappa shape index (κ2) is 13.1. The molecule has 11 heteroatoms. The van der Waals surface area contributed by atoms with Gasteiger partial charge in [0, 0.05) is 0 Å². The van der Waals surface area contributed by atoms with Gasteiger partial charge in [-0.15, -0.1) is 0 Å². The van der Waals surface area contributed by atoms with Gasteiger partial charge >= 0.3 is 14.0 Å². The number of alkyl halides is 3. The molecule has 0 saturated carbocycles. The van der Waals surface area contributed by atoms with E-state index in [-0.39, 0.29) is 31.6 Å². The van der Waals surface area contributed by atoms with Gasteiger partial charge in [-0.05, 0) is 60.8 Å². The van der Waals surface area contributed by atoms with Gasteiger partial charge in [0.2, 0.25) is 0 Å². The lowest BCUT2D eigenvalue weighted by atomic mass is 9.86. The third kappa shape index (κ3) is 9.38. The molecule has 5 N–H and O–H groups in total. The highest BCUT2D eigenvalue weighted by Gasteiger charge is 2.39. The van der Waals surface area contributed by atoms with Crippen LogP contribution in [-0.4, -0.2) is 46.4 Å². The fraction of sp³-hybridized carbons (Fsp3) is 0.407. The minimum absolute atomic E-state index is 0.00186. The Labute approximate surface area is 220 Å². The molecule has 0 heterocycles. The summed E-state index contributed by atoms with van der Waals surface area (Å²) in [5.74, 6) is -0.748. The van der Waals surface area contributed by atoms with Crippen LogP contribution in [0.1, 0.15) is 31.2 Å². The van der Waals surface area contributed by atoms with Gasteiger partial charge in [0.15, 0.2) is 0 Å². The molecule has 0 amide bonds. The number of hydrogen-bond donors (Lipinski definition) is 4. The third-order valence-corrected chi connectivity index (χ3v) is 6.79. The smallest absolute Gasteiger partial charge is 0.469 e. The summed E-state index contributed by atoms with van der Waals surface area (Å²) in [6, 6.07) is 17.9. The Kier molecular flexibility index (Phi) is 10.3. The highest BCUT2D eigenvalue weighted by Crippen LogP contribution is 2.39. The predicted molar refractivity (Wildman–Crippen MR) is 138 cm³/mol. The van der Waals surface area contributed by atoms with Crippen LogP contribution in [0.3, 0.4) is 0 Å². The van der Waals surface area contributed by atoms with Crippen molar-refractivity contribution in [1.29, 1.82) is 0 Å². The van der Waals surface area contributed by atoms with Crippen LogP contribution in [0.5, 0.6) is 0 Å². The van der Waals surface area contributed by atoms with E-state index in [2.05, 4.69) is 10.6 Å². The molecule has 0 saturated heterocycles. The monoisotopic (exact) mass is 555 g/mol. The van der Waals surface area contributed by atoms with Crippen molar-refractivity contribution in [2.45, 2.75) is 43.8 Å². The van der Waals surface area contributed by atoms with Gasteiger partial charge in [0.25, 0.3) is 0 Å². The zero-order chi connectivity index (χ0) is 27.8. The van der Waals surface area contributed by atoms with Gasteiger partial charge in [-0.25, -0.2) is 4.57 Å². The van der Waals surface area contributed by atoms with Crippen molar-refractivity contribution in [1.82, 2.24) is 0 Å². The molecule has 0 fully saturated rings. The van der Waals surface area contributed by atoms with Crippen LogP contribution in [0.25, 0.3) is 11.1 Å². The van der Waals surface area contributed by atoms with Crippen LogP contribution in [0.2, 0.25) is 0 Å². The molecular weight excluding hydrogens is 522 g/mol. The van der Waals surface area contributed by atoms with Gasteiger partial charge in [-0.1, -0.05) is 60.7 Å². The lowest BCUT2D eigenvalue weighted by Crippen LogP contribution is -2.48. The van der Waals surface area contributed by atoms with E-state index in [1.165, 1.54) is 6.08 Å².